The first-order chi connectivity index (χ1) is 6.66. The molecule has 0 fully saturated rings. The van der Waals surface area contributed by atoms with Crippen LogP contribution in [0.25, 0.3) is 10.4 Å². The van der Waals surface area contributed by atoms with Gasteiger partial charge in [0.25, 0.3) is 0 Å². The fourth-order valence-corrected chi connectivity index (χ4v) is 2.43. The van der Waals surface area contributed by atoms with Crippen molar-refractivity contribution in [2.24, 2.45) is 0 Å². The normalized spacial score (nSPS) is 10.5. The van der Waals surface area contributed by atoms with Gasteiger partial charge in [0.2, 0.25) is 5.28 Å². The second-order valence-electron chi connectivity index (χ2n) is 2.75. The largest absolute Gasteiger partial charge is 0.226 e. The summed E-state index contributed by atoms with van der Waals surface area (Å²) in [6, 6.07) is 4.03. The summed E-state index contributed by atoms with van der Waals surface area (Å²) in [5, 5.41) is 0.568. The van der Waals surface area contributed by atoms with E-state index >= 15 is 0 Å². The molecular weight excluding hydrogens is 239 g/mol. The van der Waals surface area contributed by atoms with Crippen molar-refractivity contribution in [2.45, 2.75) is 6.92 Å². The van der Waals surface area contributed by atoms with Gasteiger partial charge in [0.15, 0.2) is 0 Å². The van der Waals surface area contributed by atoms with Gasteiger partial charge in [0.1, 0.15) is 5.15 Å². The fraction of sp³-hybridized carbons (Fsp3) is 0.111. The first-order valence-electron chi connectivity index (χ1n) is 3.91. The minimum atomic E-state index is 0.173. The molecule has 0 spiro atoms. The molecule has 2 heterocycles. The van der Waals surface area contributed by atoms with E-state index in [2.05, 4.69) is 9.97 Å². The van der Waals surface area contributed by atoms with Crippen LogP contribution in [0.1, 0.15) is 4.88 Å². The number of aromatic nitrogens is 2. The molecule has 0 saturated carbocycles. The Bertz CT molecular complexity index is 468. The Morgan fingerprint density at radius 2 is 2.07 bits per heavy atom. The first kappa shape index (κ1) is 9.90. The van der Waals surface area contributed by atoms with Gasteiger partial charge in [0, 0.05) is 21.5 Å². The van der Waals surface area contributed by atoms with E-state index in [0.29, 0.717) is 5.15 Å². The average molecular weight is 245 g/mol. The molecule has 72 valence electrons. The molecule has 0 aliphatic heterocycles. The van der Waals surface area contributed by atoms with Crippen molar-refractivity contribution in [1.82, 2.24) is 9.97 Å². The van der Waals surface area contributed by atoms with Gasteiger partial charge in [-0.3, -0.25) is 0 Å². The number of aryl methyl sites for hydroxylation is 1. The van der Waals surface area contributed by atoms with Crippen molar-refractivity contribution >= 4 is 34.5 Å². The molecule has 0 aliphatic rings. The minimum absolute atomic E-state index is 0.173. The summed E-state index contributed by atoms with van der Waals surface area (Å²) in [5.41, 5.74) is 0.828. The van der Waals surface area contributed by atoms with E-state index in [1.54, 1.807) is 17.5 Å². The number of rotatable bonds is 1. The number of thiophene rings is 1. The van der Waals surface area contributed by atoms with Gasteiger partial charge >= 0.3 is 0 Å². The Labute approximate surface area is 95.5 Å². The highest BCUT2D eigenvalue weighted by atomic mass is 35.5. The summed E-state index contributed by atoms with van der Waals surface area (Å²) in [5.74, 6) is 0. The van der Waals surface area contributed by atoms with Crippen LogP contribution < -0.4 is 0 Å². The summed E-state index contributed by atoms with van der Waals surface area (Å²) in [6.45, 7) is 2.04. The third kappa shape index (κ3) is 1.90. The Morgan fingerprint density at radius 3 is 2.64 bits per heavy atom. The number of halogens is 2. The van der Waals surface area contributed by atoms with Gasteiger partial charge in [0.05, 0.1) is 0 Å². The zero-order valence-corrected chi connectivity index (χ0v) is 9.62. The lowest BCUT2D eigenvalue weighted by Gasteiger charge is -1.98. The lowest BCUT2D eigenvalue weighted by atomic mass is 10.3. The van der Waals surface area contributed by atoms with E-state index in [-0.39, 0.29) is 5.28 Å². The van der Waals surface area contributed by atoms with Crippen LogP contribution >= 0.6 is 34.5 Å². The van der Waals surface area contributed by atoms with E-state index in [1.807, 2.05) is 19.1 Å². The highest BCUT2D eigenvalue weighted by molar-refractivity contribution is 7.15. The standard InChI is InChI=1S/C9H6Cl2N2S/c1-5-2-3-7(14-5)6-4-12-9(11)13-8(6)10/h2-4H,1H3. The highest BCUT2D eigenvalue weighted by Crippen LogP contribution is 2.31. The monoisotopic (exact) mass is 244 g/mol. The zero-order valence-electron chi connectivity index (χ0n) is 7.29. The number of nitrogens with zero attached hydrogens (tertiary/aromatic N) is 2. The van der Waals surface area contributed by atoms with E-state index < -0.39 is 0 Å². The fourth-order valence-electron chi connectivity index (χ4n) is 1.09. The molecule has 2 rings (SSSR count). The van der Waals surface area contributed by atoms with Crippen molar-refractivity contribution < 1.29 is 0 Å². The van der Waals surface area contributed by atoms with Crippen molar-refractivity contribution in [2.75, 3.05) is 0 Å². The van der Waals surface area contributed by atoms with Crippen LogP contribution in [0.15, 0.2) is 18.3 Å². The molecule has 0 aromatic carbocycles. The Morgan fingerprint density at radius 1 is 1.29 bits per heavy atom. The molecule has 0 amide bonds. The quantitative estimate of drug-likeness (QED) is 0.563. The van der Waals surface area contributed by atoms with E-state index in [1.165, 1.54) is 4.88 Å². The van der Waals surface area contributed by atoms with Crippen LogP contribution in [0.3, 0.4) is 0 Å². The minimum Gasteiger partial charge on any atom is -0.226 e. The second kappa shape index (κ2) is 3.85. The van der Waals surface area contributed by atoms with Crippen molar-refractivity contribution in [3.63, 3.8) is 0 Å². The van der Waals surface area contributed by atoms with Gasteiger partial charge in [-0.2, -0.15) is 0 Å². The third-order valence-corrected chi connectivity index (χ3v) is 3.22. The van der Waals surface area contributed by atoms with Gasteiger partial charge in [-0.05, 0) is 30.7 Å². The average Bonchev–Trinajstić information content (AvgIpc) is 2.51. The van der Waals surface area contributed by atoms with E-state index in [4.69, 9.17) is 23.2 Å². The SMILES string of the molecule is Cc1ccc(-c2cnc(Cl)nc2Cl)s1. The van der Waals surface area contributed by atoms with E-state index in [9.17, 15) is 0 Å². The summed E-state index contributed by atoms with van der Waals surface area (Å²) >= 11 is 13.2. The molecule has 2 aromatic rings. The van der Waals surface area contributed by atoms with E-state index in [0.717, 1.165) is 10.4 Å². The first-order valence-corrected chi connectivity index (χ1v) is 5.49. The topological polar surface area (TPSA) is 25.8 Å². The number of hydrogen-bond acceptors (Lipinski definition) is 3. The van der Waals surface area contributed by atoms with Gasteiger partial charge in [-0.1, -0.05) is 11.6 Å². The van der Waals surface area contributed by atoms with Crippen LogP contribution in [-0.4, -0.2) is 9.97 Å². The summed E-state index contributed by atoms with van der Waals surface area (Å²) in [7, 11) is 0. The molecule has 5 heteroatoms. The molecule has 0 saturated heterocycles. The van der Waals surface area contributed by atoms with Crippen molar-refractivity contribution in [3.8, 4) is 10.4 Å². The maximum Gasteiger partial charge on any atom is 0.223 e. The van der Waals surface area contributed by atoms with Gasteiger partial charge in [-0.25, -0.2) is 9.97 Å². The molecule has 2 aromatic heterocycles. The highest BCUT2D eigenvalue weighted by Gasteiger charge is 2.07. The van der Waals surface area contributed by atoms with Gasteiger partial charge in [-0.15, -0.1) is 11.3 Å². The Hall–Kier alpha value is -0.640. The molecule has 0 radical (unpaired) electrons. The van der Waals surface area contributed by atoms with Crippen molar-refractivity contribution in [3.05, 3.63) is 33.6 Å². The van der Waals surface area contributed by atoms with Gasteiger partial charge < -0.3 is 0 Å². The molecular formula is C9H6Cl2N2S. The molecule has 0 unspecified atom stereocenters. The predicted octanol–water partition coefficient (Wildman–Crippen LogP) is 3.82. The molecule has 0 N–H and O–H groups in total. The zero-order chi connectivity index (χ0) is 10.1. The maximum absolute atomic E-state index is 5.94. The lowest BCUT2D eigenvalue weighted by Crippen LogP contribution is -1.85. The molecule has 14 heavy (non-hydrogen) atoms. The van der Waals surface area contributed by atoms with Crippen LogP contribution in [-0.2, 0) is 0 Å². The number of hydrogen-bond donors (Lipinski definition) is 0. The lowest BCUT2D eigenvalue weighted by molar-refractivity contribution is 1.17. The van der Waals surface area contributed by atoms with Crippen molar-refractivity contribution in [1.29, 1.82) is 0 Å². The second-order valence-corrected chi connectivity index (χ2v) is 4.74. The molecule has 0 aliphatic carbocycles. The summed E-state index contributed by atoms with van der Waals surface area (Å²) in [4.78, 5) is 10.1. The van der Waals surface area contributed by atoms with Crippen LogP contribution in [0, 0.1) is 6.92 Å². The molecule has 0 bridgehead atoms. The Kier molecular flexibility index (Phi) is 2.72. The molecule has 0 atom stereocenters. The van der Waals surface area contributed by atoms with Crippen LogP contribution in [0.5, 0.6) is 0 Å². The maximum atomic E-state index is 5.94. The summed E-state index contributed by atoms with van der Waals surface area (Å²) < 4.78 is 0. The molecule has 2 nitrogen and oxygen atoms in total. The van der Waals surface area contributed by atoms with Crippen LogP contribution in [0.2, 0.25) is 10.4 Å². The Balaban J connectivity index is 2.52. The van der Waals surface area contributed by atoms with Crippen LogP contribution in [0.4, 0.5) is 0 Å². The predicted molar refractivity (Wildman–Crippen MR) is 60.1 cm³/mol. The summed E-state index contributed by atoms with van der Waals surface area (Å²) in [6.07, 6.45) is 1.64. The smallest absolute Gasteiger partial charge is 0.223 e. The third-order valence-electron chi connectivity index (χ3n) is 1.72.